The van der Waals surface area contributed by atoms with Crippen molar-refractivity contribution in [3.8, 4) is 17.4 Å². The summed E-state index contributed by atoms with van der Waals surface area (Å²) in [7, 11) is 0. The van der Waals surface area contributed by atoms with Gasteiger partial charge in [-0.25, -0.2) is 0 Å². The first-order valence-electron chi connectivity index (χ1n) is 8.52. The molecule has 0 fully saturated rings. The number of aliphatic hydroxyl groups excluding tert-OH is 1. The van der Waals surface area contributed by atoms with E-state index in [-0.39, 0.29) is 29.0 Å². The Labute approximate surface area is 164 Å². The van der Waals surface area contributed by atoms with Crippen LogP contribution in [0.4, 0.5) is 5.69 Å². The normalized spacial score (nSPS) is 15.8. The number of rotatable bonds is 5. The summed E-state index contributed by atoms with van der Waals surface area (Å²) in [5.74, 6) is -0.641. The molecule has 9 nitrogen and oxygen atoms in total. The van der Waals surface area contributed by atoms with Gasteiger partial charge in [0, 0.05) is 23.3 Å². The van der Waals surface area contributed by atoms with Gasteiger partial charge in [-0.15, -0.1) is 0 Å². The lowest BCUT2D eigenvalue weighted by atomic mass is 9.95. The lowest BCUT2D eigenvalue weighted by Gasteiger charge is -2.26. The number of β-amino-alcohol motifs (C(OH)–C–C–N with tert-alkyl or cyclic N) is 1. The minimum Gasteiger partial charge on any atom is -0.457 e. The Balaban J connectivity index is 1.98. The van der Waals surface area contributed by atoms with Gasteiger partial charge in [0.05, 0.1) is 18.1 Å². The van der Waals surface area contributed by atoms with Gasteiger partial charge >= 0.3 is 0 Å². The summed E-state index contributed by atoms with van der Waals surface area (Å²) in [6, 6.07) is 10.8. The molecule has 0 saturated heterocycles. The molecule has 2 amide bonds. The molecule has 3 rings (SSSR count). The van der Waals surface area contributed by atoms with Crippen molar-refractivity contribution in [2.75, 3.05) is 13.2 Å². The fourth-order valence-corrected chi connectivity index (χ4v) is 2.91. The van der Waals surface area contributed by atoms with Crippen molar-refractivity contribution < 1.29 is 24.0 Å². The van der Waals surface area contributed by atoms with Crippen molar-refractivity contribution in [1.29, 1.82) is 5.26 Å². The predicted octanol–water partition coefficient (Wildman–Crippen LogP) is 2.44. The summed E-state index contributed by atoms with van der Waals surface area (Å²) in [5, 5.41) is 29.1. The highest BCUT2D eigenvalue weighted by Crippen LogP contribution is 2.29. The maximum atomic E-state index is 12.7. The van der Waals surface area contributed by atoms with Crippen molar-refractivity contribution in [2.45, 2.75) is 6.92 Å². The molecule has 146 valence electrons. The molecule has 0 radical (unpaired) electrons. The molecule has 1 aromatic carbocycles. The number of carbonyl (C=O) groups excluding carboxylic acids is 2. The predicted molar refractivity (Wildman–Crippen MR) is 101 cm³/mol. The lowest BCUT2D eigenvalue weighted by Crippen LogP contribution is -2.44. The van der Waals surface area contributed by atoms with Gasteiger partial charge in [-0.2, -0.15) is 5.26 Å². The lowest BCUT2D eigenvalue weighted by molar-refractivity contribution is -0.384. The van der Waals surface area contributed by atoms with Crippen LogP contribution in [-0.4, -0.2) is 39.9 Å². The van der Waals surface area contributed by atoms with E-state index in [4.69, 9.17) is 9.52 Å². The molecule has 29 heavy (non-hydrogen) atoms. The summed E-state index contributed by atoms with van der Waals surface area (Å²) in [6.07, 6.45) is 1.42. The number of non-ortho nitro benzene ring substituents is 1. The molecular formula is C20H15N3O6. The molecule has 0 saturated carbocycles. The molecule has 0 unspecified atom stereocenters. The first-order valence-corrected chi connectivity index (χ1v) is 8.52. The summed E-state index contributed by atoms with van der Waals surface area (Å²) < 4.78 is 5.70. The molecule has 1 aliphatic rings. The first-order chi connectivity index (χ1) is 13.9. The number of nitriles is 1. The number of nitro groups is 1. The second-order valence-corrected chi connectivity index (χ2v) is 6.16. The minimum atomic E-state index is -0.743. The van der Waals surface area contributed by atoms with Gasteiger partial charge in [0.1, 0.15) is 23.2 Å². The number of furan rings is 1. The van der Waals surface area contributed by atoms with Crippen LogP contribution in [0.2, 0.25) is 0 Å². The van der Waals surface area contributed by atoms with Crippen LogP contribution in [-0.2, 0) is 9.59 Å². The van der Waals surface area contributed by atoms with Gasteiger partial charge in [-0.3, -0.25) is 24.6 Å². The number of benzene rings is 1. The SMILES string of the molecule is CC1=C(C#N)C(=O)N(CCO)C(=O)C1=Cc1ccc(-c2ccc([N+](=O)[O-])cc2)o1. The Morgan fingerprint density at radius 1 is 1.21 bits per heavy atom. The van der Waals surface area contributed by atoms with E-state index < -0.39 is 23.3 Å². The molecule has 2 heterocycles. The summed E-state index contributed by atoms with van der Waals surface area (Å²) >= 11 is 0. The zero-order chi connectivity index (χ0) is 21.1. The van der Waals surface area contributed by atoms with Crippen molar-refractivity contribution in [1.82, 2.24) is 4.90 Å². The van der Waals surface area contributed by atoms with Gasteiger partial charge in [-0.05, 0) is 42.8 Å². The van der Waals surface area contributed by atoms with Crippen LogP contribution in [0.1, 0.15) is 12.7 Å². The third-order valence-electron chi connectivity index (χ3n) is 4.43. The number of nitrogens with zero attached hydrogens (tertiary/aromatic N) is 3. The molecule has 0 atom stereocenters. The molecular weight excluding hydrogens is 378 g/mol. The average Bonchev–Trinajstić information content (AvgIpc) is 3.18. The van der Waals surface area contributed by atoms with Crippen LogP contribution in [0.25, 0.3) is 17.4 Å². The maximum Gasteiger partial charge on any atom is 0.271 e. The Hall–Kier alpha value is -4.03. The topological polar surface area (TPSA) is 138 Å². The standard InChI is InChI=1S/C20H15N3O6/c1-12-16(19(25)22(8-9-24)20(26)17(12)11-21)10-15-6-7-18(29-15)13-2-4-14(5-3-13)23(27)28/h2-7,10,24H,8-9H2,1H3. The Bertz CT molecular complexity index is 1100. The van der Waals surface area contributed by atoms with Crippen LogP contribution in [0, 0.1) is 21.4 Å². The number of nitro benzene ring substituents is 1. The third kappa shape index (κ3) is 3.69. The largest absolute Gasteiger partial charge is 0.457 e. The summed E-state index contributed by atoms with van der Waals surface area (Å²) in [5.41, 5.74) is 0.724. The molecule has 2 aromatic rings. The highest BCUT2D eigenvalue weighted by atomic mass is 16.6. The number of amides is 2. The van der Waals surface area contributed by atoms with Crippen LogP contribution < -0.4 is 0 Å². The van der Waals surface area contributed by atoms with E-state index in [0.717, 1.165) is 4.90 Å². The van der Waals surface area contributed by atoms with Crippen LogP contribution in [0.3, 0.4) is 0 Å². The Morgan fingerprint density at radius 2 is 1.90 bits per heavy atom. The van der Waals surface area contributed by atoms with Crippen LogP contribution in [0.15, 0.2) is 57.5 Å². The summed E-state index contributed by atoms with van der Waals surface area (Å²) in [4.78, 5) is 36.0. The van der Waals surface area contributed by atoms with E-state index in [1.165, 1.54) is 25.1 Å². The van der Waals surface area contributed by atoms with Gasteiger partial charge < -0.3 is 9.52 Å². The minimum absolute atomic E-state index is 0.0473. The van der Waals surface area contributed by atoms with Crippen molar-refractivity contribution in [2.24, 2.45) is 0 Å². The number of aliphatic hydroxyl groups is 1. The van der Waals surface area contributed by atoms with Crippen molar-refractivity contribution >= 4 is 23.6 Å². The molecule has 0 bridgehead atoms. The smallest absolute Gasteiger partial charge is 0.271 e. The zero-order valence-corrected chi connectivity index (χ0v) is 15.3. The molecule has 1 N–H and O–H groups in total. The fourth-order valence-electron chi connectivity index (χ4n) is 2.91. The highest BCUT2D eigenvalue weighted by molar-refractivity contribution is 6.19. The van der Waals surface area contributed by atoms with E-state index in [0.29, 0.717) is 17.1 Å². The van der Waals surface area contributed by atoms with Gasteiger partial charge in [0.25, 0.3) is 17.5 Å². The number of hydrogen-bond donors (Lipinski definition) is 1. The van der Waals surface area contributed by atoms with E-state index in [2.05, 4.69) is 0 Å². The van der Waals surface area contributed by atoms with Crippen LogP contribution >= 0.6 is 0 Å². The zero-order valence-electron chi connectivity index (χ0n) is 15.3. The Morgan fingerprint density at radius 3 is 2.48 bits per heavy atom. The van der Waals surface area contributed by atoms with Gasteiger partial charge in [0.2, 0.25) is 0 Å². The van der Waals surface area contributed by atoms with Gasteiger partial charge in [-0.1, -0.05) is 0 Å². The molecule has 9 heteroatoms. The average molecular weight is 393 g/mol. The number of hydrogen-bond acceptors (Lipinski definition) is 7. The molecule has 1 aromatic heterocycles. The van der Waals surface area contributed by atoms with Crippen molar-refractivity contribution in [3.63, 3.8) is 0 Å². The highest BCUT2D eigenvalue weighted by Gasteiger charge is 2.35. The van der Waals surface area contributed by atoms with Crippen LogP contribution in [0.5, 0.6) is 0 Å². The maximum absolute atomic E-state index is 12.7. The monoisotopic (exact) mass is 393 g/mol. The van der Waals surface area contributed by atoms with Gasteiger partial charge in [0.15, 0.2) is 0 Å². The van der Waals surface area contributed by atoms with E-state index in [1.807, 2.05) is 0 Å². The second-order valence-electron chi connectivity index (χ2n) is 6.16. The van der Waals surface area contributed by atoms with Crippen molar-refractivity contribution in [3.05, 3.63) is 69.0 Å². The Kier molecular flexibility index (Phi) is 5.38. The molecule has 0 spiro atoms. The number of imide groups is 1. The molecule has 0 aliphatic carbocycles. The number of carbonyl (C=O) groups is 2. The quantitative estimate of drug-likeness (QED) is 0.356. The summed E-state index contributed by atoms with van der Waals surface area (Å²) in [6.45, 7) is 0.851. The third-order valence-corrected chi connectivity index (χ3v) is 4.43. The fraction of sp³-hybridized carbons (Fsp3) is 0.150. The molecule has 1 aliphatic heterocycles. The van der Waals surface area contributed by atoms with E-state index >= 15 is 0 Å². The van der Waals surface area contributed by atoms with E-state index in [1.54, 1.807) is 30.3 Å². The second kappa shape index (κ2) is 7.92. The van der Waals surface area contributed by atoms with E-state index in [9.17, 15) is 25.0 Å². The first kappa shape index (κ1) is 19.7.